The minimum absolute atomic E-state index is 0. The number of carbonyl (C=O) groups is 1. The first kappa shape index (κ1) is 24.0. The minimum Gasteiger partial charge on any atom is -0.376 e. The van der Waals surface area contributed by atoms with Crippen molar-refractivity contribution in [1.82, 2.24) is 14.9 Å². The molecule has 0 atom stereocenters. The highest BCUT2D eigenvalue weighted by Crippen LogP contribution is 2.18. The fourth-order valence-corrected chi connectivity index (χ4v) is 3.03. The van der Waals surface area contributed by atoms with Crippen molar-refractivity contribution in [2.24, 2.45) is 0 Å². The van der Waals surface area contributed by atoms with Crippen molar-refractivity contribution >= 4 is 42.2 Å². The highest BCUT2D eigenvalue weighted by molar-refractivity contribution is 5.85. The van der Waals surface area contributed by atoms with Gasteiger partial charge in [-0.2, -0.15) is 0 Å². The number of halogens is 2. The van der Waals surface area contributed by atoms with Crippen molar-refractivity contribution in [2.75, 3.05) is 42.9 Å². The third-order valence-electron chi connectivity index (χ3n) is 4.55. The van der Waals surface area contributed by atoms with E-state index < -0.39 is 0 Å². The number of anilines is 2. The number of nitrogens with one attached hydrogen (secondary N) is 1. The second kappa shape index (κ2) is 11.1. The van der Waals surface area contributed by atoms with Crippen LogP contribution < -0.4 is 10.2 Å². The van der Waals surface area contributed by atoms with Crippen molar-refractivity contribution in [3.63, 3.8) is 0 Å². The number of benzene rings is 1. The van der Waals surface area contributed by atoms with Gasteiger partial charge in [0.1, 0.15) is 11.6 Å². The van der Waals surface area contributed by atoms with E-state index in [1.165, 1.54) is 0 Å². The van der Waals surface area contributed by atoms with Crippen LogP contribution in [0, 0.1) is 6.92 Å². The monoisotopic (exact) mass is 425 g/mol. The smallest absolute Gasteiger partial charge is 0.241 e. The molecule has 1 saturated heterocycles. The molecule has 0 spiro atoms. The zero-order chi connectivity index (χ0) is 18.5. The molecule has 1 N–H and O–H groups in total. The lowest BCUT2D eigenvalue weighted by Crippen LogP contribution is -2.50. The number of nitrogens with zero attached hydrogens (tertiary/aromatic N) is 4. The molecule has 0 saturated carbocycles. The van der Waals surface area contributed by atoms with E-state index in [2.05, 4.69) is 29.0 Å². The summed E-state index contributed by atoms with van der Waals surface area (Å²) < 4.78 is 0. The highest BCUT2D eigenvalue weighted by Gasteiger charge is 2.22. The van der Waals surface area contributed by atoms with Crippen molar-refractivity contribution in [3.05, 3.63) is 47.9 Å². The molecule has 154 valence electrons. The molecule has 1 aliphatic heterocycles. The number of para-hydroxylation sites is 1. The molecule has 2 heterocycles. The van der Waals surface area contributed by atoms with E-state index in [4.69, 9.17) is 4.98 Å². The number of aromatic nitrogens is 2. The van der Waals surface area contributed by atoms with E-state index in [1.807, 2.05) is 48.2 Å². The Hall–Kier alpha value is -2.05. The summed E-state index contributed by atoms with van der Waals surface area (Å²) in [5, 5.41) is 3.19. The summed E-state index contributed by atoms with van der Waals surface area (Å²) in [6.07, 6.45) is 0. The molecule has 8 heteroatoms. The van der Waals surface area contributed by atoms with E-state index in [0.717, 1.165) is 49.2 Å². The summed E-state index contributed by atoms with van der Waals surface area (Å²) in [4.78, 5) is 25.8. The predicted molar refractivity (Wildman–Crippen MR) is 119 cm³/mol. The van der Waals surface area contributed by atoms with Gasteiger partial charge in [0.25, 0.3) is 0 Å². The topological polar surface area (TPSA) is 61.4 Å². The molecule has 0 radical (unpaired) electrons. The molecule has 1 aromatic carbocycles. The lowest BCUT2D eigenvalue weighted by molar-refractivity contribution is -0.129. The standard InChI is InChI=1S/C20H27N5O.2ClH/c1-15(2)20-22-16(3)13-18(23-20)24-9-11-25(12-10-24)19(26)14-21-17-7-5-4-6-8-17;;/h4-8,13,15,21H,9-12,14H2,1-3H3;2*1H. The fourth-order valence-electron chi connectivity index (χ4n) is 3.03. The number of rotatable bonds is 5. The molecular formula is C20H29Cl2N5O. The van der Waals surface area contributed by atoms with Gasteiger partial charge < -0.3 is 15.1 Å². The first-order valence-corrected chi connectivity index (χ1v) is 9.20. The first-order chi connectivity index (χ1) is 12.5. The number of aryl methyl sites for hydroxylation is 1. The number of hydrogen-bond acceptors (Lipinski definition) is 5. The Balaban J connectivity index is 0.00000196. The molecular weight excluding hydrogens is 397 g/mol. The van der Waals surface area contributed by atoms with Crippen LogP contribution in [0.1, 0.15) is 31.3 Å². The van der Waals surface area contributed by atoms with Gasteiger partial charge in [-0.05, 0) is 19.1 Å². The van der Waals surface area contributed by atoms with Crippen LogP contribution in [-0.2, 0) is 4.79 Å². The average Bonchev–Trinajstić information content (AvgIpc) is 2.66. The zero-order valence-electron chi connectivity index (χ0n) is 16.6. The molecule has 6 nitrogen and oxygen atoms in total. The Kier molecular flexibility index (Phi) is 9.49. The van der Waals surface area contributed by atoms with Gasteiger partial charge in [-0.3, -0.25) is 4.79 Å². The quantitative estimate of drug-likeness (QED) is 0.793. The van der Waals surface area contributed by atoms with Gasteiger partial charge in [-0.1, -0.05) is 32.0 Å². The second-order valence-corrected chi connectivity index (χ2v) is 6.97. The van der Waals surface area contributed by atoms with Crippen LogP contribution in [0.5, 0.6) is 0 Å². The van der Waals surface area contributed by atoms with Crippen LogP contribution in [0.3, 0.4) is 0 Å². The van der Waals surface area contributed by atoms with Gasteiger partial charge >= 0.3 is 0 Å². The second-order valence-electron chi connectivity index (χ2n) is 6.97. The van der Waals surface area contributed by atoms with Crippen LogP contribution >= 0.6 is 24.8 Å². The van der Waals surface area contributed by atoms with Crippen LogP contribution in [0.25, 0.3) is 0 Å². The van der Waals surface area contributed by atoms with Crippen LogP contribution in [0.15, 0.2) is 36.4 Å². The molecule has 2 aromatic rings. The van der Waals surface area contributed by atoms with Crippen molar-refractivity contribution in [3.8, 4) is 0 Å². The van der Waals surface area contributed by atoms with Gasteiger partial charge in [0.2, 0.25) is 5.91 Å². The Morgan fingerprint density at radius 2 is 1.71 bits per heavy atom. The maximum absolute atomic E-state index is 12.4. The largest absolute Gasteiger partial charge is 0.376 e. The Labute approximate surface area is 179 Å². The van der Waals surface area contributed by atoms with Crippen molar-refractivity contribution in [2.45, 2.75) is 26.7 Å². The molecule has 1 aliphatic rings. The van der Waals surface area contributed by atoms with Crippen molar-refractivity contribution in [1.29, 1.82) is 0 Å². The SMILES string of the molecule is Cc1cc(N2CCN(C(=O)CNc3ccccc3)CC2)nc(C(C)C)n1.Cl.Cl. The average molecular weight is 426 g/mol. The summed E-state index contributed by atoms with van der Waals surface area (Å²) in [5.41, 5.74) is 1.96. The van der Waals surface area contributed by atoms with E-state index in [-0.39, 0.29) is 30.7 Å². The van der Waals surface area contributed by atoms with Gasteiger partial charge in [0.05, 0.1) is 6.54 Å². The van der Waals surface area contributed by atoms with Gasteiger partial charge in [-0.15, -0.1) is 24.8 Å². The summed E-state index contributed by atoms with van der Waals surface area (Å²) >= 11 is 0. The normalized spacial score (nSPS) is 13.6. The van der Waals surface area contributed by atoms with Gasteiger partial charge in [0.15, 0.2) is 0 Å². The lowest BCUT2D eigenvalue weighted by Gasteiger charge is -2.35. The third kappa shape index (κ3) is 6.24. The Morgan fingerprint density at radius 1 is 1.07 bits per heavy atom. The predicted octanol–water partition coefficient (Wildman–Crippen LogP) is 3.51. The lowest BCUT2D eigenvalue weighted by atomic mass is 10.2. The van der Waals surface area contributed by atoms with Crippen LogP contribution in [0.4, 0.5) is 11.5 Å². The number of piperazine rings is 1. The summed E-state index contributed by atoms with van der Waals surface area (Å²) in [5.74, 6) is 2.29. The van der Waals surface area contributed by atoms with Gasteiger partial charge in [-0.25, -0.2) is 9.97 Å². The molecule has 3 rings (SSSR count). The molecule has 1 fully saturated rings. The van der Waals surface area contributed by atoms with E-state index in [0.29, 0.717) is 12.5 Å². The molecule has 1 aromatic heterocycles. The fraction of sp³-hybridized carbons (Fsp3) is 0.450. The van der Waals surface area contributed by atoms with E-state index in [1.54, 1.807) is 0 Å². The number of carbonyl (C=O) groups excluding carboxylic acids is 1. The maximum atomic E-state index is 12.4. The summed E-state index contributed by atoms with van der Waals surface area (Å²) in [6, 6.07) is 11.8. The molecule has 0 bridgehead atoms. The third-order valence-corrected chi connectivity index (χ3v) is 4.55. The Morgan fingerprint density at radius 3 is 2.32 bits per heavy atom. The molecule has 1 amide bonds. The van der Waals surface area contributed by atoms with E-state index in [9.17, 15) is 4.79 Å². The van der Waals surface area contributed by atoms with Crippen LogP contribution in [-0.4, -0.2) is 53.5 Å². The minimum atomic E-state index is 0. The van der Waals surface area contributed by atoms with Crippen LogP contribution in [0.2, 0.25) is 0 Å². The summed E-state index contributed by atoms with van der Waals surface area (Å²) in [7, 11) is 0. The Bertz CT molecular complexity index is 750. The number of hydrogen-bond donors (Lipinski definition) is 1. The zero-order valence-corrected chi connectivity index (χ0v) is 18.2. The number of amides is 1. The maximum Gasteiger partial charge on any atom is 0.241 e. The molecule has 0 unspecified atom stereocenters. The van der Waals surface area contributed by atoms with E-state index >= 15 is 0 Å². The first-order valence-electron chi connectivity index (χ1n) is 9.20. The molecule has 28 heavy (non-hydrogen) atoms. The summed E-state index contributed by atoms with van der Waals surface area (Å²) in [6.45, 7) is 9.57. The van der Waals surface area contributed by atoms with Gasteiger partial charge in [0, 0.05) is 49.5 Å². The molecule has 0 aliphatic carbocycles. The van der Waals surface area contributed by atoms with Crippen molar-refractivity contribution < 1.29 is 4.79 Å². The highest BCUT2D eigenvalue weighted by atomic mass is 35.5.